The number of urea groups is 1. The standard InChI is InChI=1S/C22H29N3O2/c1-17-6-11-21(16-18(17)2)27-15-12-23-22(26)24-19-7-9-20(10-8-19)25-13-4-3-5-14-25/h6-11,16H,3-5,12-15H2,1-2H3,(H2,23,24,26). The van der Waals surface area contributed by atoms with Crippen LogP contribution in [0.1, 0.15) is 30.4 Å². The van der Waals surface area contributed by atoms with Crippen LogP contribution in [0.25, 0.3) is 0 Å². The van der Waals surface area contributed by atoms with E-state index in [9.17, 15) is 4.79 Å². The first-order chi connectivity index (χ1) is 13.1. The van der Waals surface area contributed by atoms with Crippen molar-refractivity contribution < 1.29 is 9.53 Å². The number of benzene rings is 2. The number of carbonyl (C=O) groups excluding carboxylic acids is 1. The molecule has 2 N–H and O–H groups in total. The van der Waals surface area contributed by atoms with Crippen molar-refractivity contribution in [1.29, 1.82) is 0 Å². The van der Waals surface area contributed by atoms with Gasteiger partial charge in [0.25, 0.3) is 0 Å². The molecule has 2 aromatic rings. The number of carbonyl (C=O) groups is 1. The molecule has 1 aliphatic rings. The van der Waals surface area contributed by atoms with E-state index in [1.807, 2.05) is 30.3 Å². The lowest BCUT2D eigenvalue weighted by Crippen LogP contribution is -2.32. The first-order valence-corrected chi connectivity index (χ1v) is 9.72. The Kier molecular flexibility index (Phi) is 6.58. The van der Waals surface area contributed by atoms with Crippen LogP contribution in [-0.2, 0) is 0 Å². The number of nitrogens with one attached hydrogen (secondary N) is 2. The highest BCUT2D eigenvalue weighted by Crippen LogP contribution is 2.21. The molecule has 3 rings (SSSR count). The van der Waals surface area contributed by atoms with Gasteiger partial charge in [0, 0.05) is 24.5 Å². The maximum Gasteiger partial charge on any atom is 0.319 e. The quantitative estimate of drug-likeness (QED) is 0.740. The summed E-state index contributed by atoms with van der Waals surface area (Å²) in [6.07, 6.45) is 3.84. The lowest BCUT2D eigenvalue weighted by molar-refractivity contribution is 0.247. The SMILES string of the molecule is Cc1ccc(OCCNC(=O)Nc2ccc(N3CCCCC3)cc2)cc1C. The van der Waals surface area contributed by atoms with Gasteiger partial charge in [-0.1, -0.05) is 6.07 Å². The summed E-state index contributed by atoms with van der Waals surface area (Å²) < 4.78 is 5.68. The first-order valence-electron chi connectivity index (χ1n) is 9.72. The molecular formula is C22H29N3O2. The van der Waals surface area contributed by atoms with Crippen LogP contribution in [0.15, 0.2) is 42.5 Å². The van der Waals surface area contributed by atoms with Gasteiger partial charge in [0.1, 0.15) is 12.4 Å². The van der Waals surface area contributed by atoms with E-state index in [1.54, 1.807) is 0 Å². The summed E-state index contributed by atoms with van der Waals surface area (Å²) in [5.41, 5.74) is 4.46. The van der Waals surface area contributed by atoms with Gasteiger partial charge in [0.05, 0.1) is 6.54 Å². The Labute approximate surface area is 161 Å². The number of hydrogen-bond donors (Lipinski definition) is 2. The Morgan fingerprint density at radius 3 is 2.44 bits per heavy atom. The first kappa shape index (κ1) is 19.1. The second-order valence-electron chi connectivity index (χ2n) is 7.07. The highest BCUT2D eigenvalue weighted by Gasteiger charge is 2.10. The normalized spacial score (nSPS) is 13.9. The van der Waals surface area contributed by atoms with E-state index in [0.29, 0.717) is 13.2 Å². The van der Waals surface area contributed by atoms with E-state index in [-0.39, 0.29) is 6.03 Å². The molecule has 1 fully saturated rings. The molecule has 5 nitrogen and oxygen atoms in total. The minimum Gasteiger partial charge on any atom is -0.492 e. The minimum atomic E-state index is -0.218. The third kappa shape index (κ3) is 5.64. The molecule has 1 aliphatic heterocycles. The van der Waals surface area contributed by atoms with Crippen LogP contribution in [0.3, 0.4) is 0 Å². The lowest BCUT2D eigenvalue weighted by atomic mass is 10.1. The van der Waals surface area contributed by atoms with Crippen LogP contribution < -0.4 is 20.3 Å². The zero-order valence-electron chi connectivity index (χ0n) is 16.3. The number of hydrogen-bond acceptors (Lipinski definition) is 3. The van der Waals surface area contributed by atoms with Gasteiger partial charge in [-0.05, 0) is 80.6 Å². The molecule has 2 amide bonds. The third-order valence-electron chi connectivity index (χ3n) is 4.98. The molecular weight excluding hydrogens is 338 g/mol. The van der Waals surface area contributed by atoms with Crippen molar-refractivity contribution in [2.24, 2.45) is 0 Å². The van der Waals surface area contributed by atoms with Gasteiger partial charge in [0.2, 0.25) is 0 Å². The second-order valence-corrected chi connectivity index (χ2v) is 7.07. The molecule has 0 aliphatic carbocycles. The minimum absolute atomic E-state index is 0.218. The average molecular weight is 367 g/mol. The van der Waals surface area contributed by atoms with E-state index in [4.69, 9.17) is 4.74 Å². The molecule has 0 aromatic heterocycles. The van der Waals surface area contributed by atoms with Crippen molar-refractivity contribution in [1.82, 2.24) is 5.32 Å². The van der Waals surface area contributed by atoms with E-state index in [1.165, 1.54) is 36.1 Å². The molecule has 0 atom stereocenters. The summed E-state index contributed by atoms with van der Waals surface area (Å²) >= 11 is 0. The highest BCUT2D eigenvalue weighted by molar-refractivity contribution is 5.89. The summed E-state index contributed by atoms with van der Waals surface area (Å²) in [4.78, 5) is 14.4. The Hall–Kier alpha value is -2.69. The Bertz CT molecular complexity index is 753. The van der Waals surface area contributed by atoms with Gasteiger partial charge in [0.15, 0.2) is 0 Å². The van der Waals surface area contributed by atoms with E-state index in [0.717, 1.165) is 24.5 Å². The molecule has 2 aromatic carbocycles. The van der Waals surface area contributed by atoms with Crippen LogP contribution in [0.4, 0.5) is 16.2 Å². The predicted octanol–water partition coefficient (Wildman–Crippen LogP) is 4.49. The molecule has 1 saturated heterocycles. The molecule has 0 radical (unpaired) electrons. The van der Waals surface area contributed by atoms with Crippen molar-refractivity contribution in [2.45, 2.75) is 33.1 Å². The van der Waals surface area contributed by atoms with E-state index >= 15 is 0 Å². The van der Waals surface area contributed by atoms with E-state index in [2.05, 4.69) is 41.5 Å². The van der Waals surface area contributed by atoms with Crippen LogP contribution in [0, 0.1) is 13.8 Å². The molecule has 0 saturated carbocycles. The summed E-state index contributed by atoms with van der Waals surface area (Å²) in [5, 5.41) is 5.68. The summed E-state index contributed by atoms with van der Waals surface area (Å²) in [7, 11) is 0. The topological polar surface area (TPSA) is 53.6 Å². The Morgan fingerprint density at radius 2 is 1.74 bits per heavy atom. The zero-order valence-corrected chi connectivity index (χ0v) is 16.3. The van der Waals surface area contributed by atoms with Crippen molar-refractivity contribution in [3.63, 3.8) is 0 Å². The fraction of sp³-hybridized carbons (Fsp3) is 0.409. The van der Waals surface area contributed by atoms with Crippen LogP contribution in [0.2, 0.25) is 0 Å². The van der Waals surface area contributed by atoms with Gasteiger partial charge in [-0.2, -0.15) is 0 Å². The maximum atomic E-state index is 12.0. The monoisotopic (exact) mass is 367 g/mol. The van der Waals surface area contributed by atoms with Crippen LogP contribution >= 0.6 is 0 Å². The molecule has 0 spiro atoms. The van der Waals surface area contributed by atoms with Gasteiger partial charge < -0.3 is 20.3 Å². The lowest BCUT2D eigenvalue weighted by Gasteiger charge is -2.28. The predicted molar refractivity (Wildman–Crippen MR) is 111 cm³/mol. The van der Waals surface area contributed by atoms with Crippen molar-refractivity contribution >= 4 is 17.4 Å². The Balaban J connectivity index is 1.39. The fourth-order valence-electron chi connectivity index (χ4n) is 3.22. The molecule has 1 heterocycles. The number of ether oxygens (including phenoxy) is 1. The molecule has 0 unspecified atom stereocenters. The number of rotatable bonds is 6. The second kappa shape index (κ2) is 9.31. The van der Waals surface area contributed by atoms with Gasteiger partial charge >= 0.3 is 6.03 Å². The van der Waals surface area contributed by atoms with E-state index < -0.39 is 0 Å². The molecule has 144 valence electrons. The van der Waals surface area contributed by atoms with Crippen LogP contribution in [-0.4, -0.2) is 32.3 Å². The number of aryl methyl sites for hydroxylation is 2. The van der Waals surface area contributed by atoms with Crippen molar-refractivity contribution in [3.05, 3.63) is 53.6 Å². The maximum absolute atomic E-state index is 12.0. The summed E-state index contributed by atoms with van der Waals surface area (Å²) in [5.74, 6) is 0.827. The summed E-state index contributed by atoms with van der Waals surface area (Å²) in [6, 6.07) is 13.8. The third-order valence-corrected chi connectivity index (χ3v) is 4.98. The zero-order chi connectivity index (χ0) is 19.1. The largest absolute Gasteiger partial charge is 0.492 e. The van der Waals surface area contributed by atoms with Gasteiger partial charge in [-0.15, -0.1) is 0 Å². The number of amides is 2. The number of anilines is 2. The molecule has 5 heteroatoms. The summed E-state index contributed by atoms with van der Waals surface area (Å²) in [6.45, 7) is 7.25. The number of nitrogens with zero attached hydrogens (tertiary/aromatic N) is 1. The number of piperidine rings is 1. The smallest absolute Gasteiger partial charge is 0.319 e. The van der Waals surface area contributed by atoms with Crippen molar-refractivity contribution in [2.75, 3.05) is 36.5 Å². The average Bonchev–Trinajstić information content (AvgIpc) is 2.69. The van der Waals surface area contributed by atoms with Crippen LogP contribution in [0.5, 0.6) is 5.75 Å². The highest BCUT2D eigenvalue weighted by atomic mass is 16.5. The fourth-order valence-corrected chi connectivity index (χ4v) is 3.22. The molecule has 27 heavy (non-hydrogen) atoms. The molecule has 0 bridgehead atoms. The Morgan fingerprint density at radius 1 is 1.00 bits per heavy atom. The van der Waals surface area contributed by atoms with Gasteiger partial charge in [-0.25, -0.2) is 4.79 Å². The van der Waals surface area contributed by atoms with Crippen molar-refractivity contribution in [3.8, 4) is 5.75 Å². The van der Waals surface area contributed by atoms with Gasteiger partial charge in [-0.3, -0.25) is 0 Å².